The second-order valence-corrected chi connectivity index (χ2v) is 7.60. The van der Waals surface area contributed by atoms with Crippen LogP contribution in [0, 0.1) is 0 Å². The lowest BCUT2D eigenvalue weighted by atomic mass is 10.0. The number of morpholine rings is 1. The van der Waals surface area contributed by atoms with Crippen molar-refractivity contribution in [1.82, 2.24) is 13.9 Å². The van der Waals surface area contributed by atoms with Gasteiger partial charge in [0.05, 0.1) is 13.2 Å². The molecular weight excluding hydrogens is 302 g/mol. The summed E-state index contributed by atoms with van der Waals surface area (Å²) in [5.74, 6) is 0. The average molecular weight is 327 g/mol. The second kappa shape index (κ2) is 8.03. The van der Waals surface area contributed by atoms with Crippen LogP contribution in [0.1, 0.15) is 5.56 Å². The first-order valence-electron chi connectivity index (χ1n) is 7.52. The molecule has 1 atom stereocenters. The first-order valence-corrected chi connectivity index (χ1v) is 8.96. The molecule has 1 aliphatic heterocycles. The smallest absolute Gasteiger partial charge is 0.278 e. The largest absolute Gasteiger partial charge is 0.379 e. The third-order valence-corrected chi connectivity index (χ3v) is 5.35. The van der Waals surface area contributed by atoms with Crippen molar-refractivity contribution >= 4 is 10.2 Å². The Morgan fingerprint density at radius 3 is 2.45 bits per heavy atom. The van der Waals surface area contributed by atoms with Gasteiger partial charge in [-0.1, -0.05) is 30.3 Å². The van der Waals surface area contributed by atoms with Crippen molar-refractivity contribution in [3.8, 4) is 0 Å². The van der Waals surface area contributed by atoms with Crippen molar-refractivity contribution in [2.24, 2.45) is 0 Å². The summed E-state index contributed by atoms with van der Waals surface area (Å²) >= 11 is 0. The Balaban J connectivity index is 2.04. The molecule has 0 saturated carbocycles. The predicted molar refractivity (Wildman–Crippen MR) is 86.9 cm³/mol. The number of rotatable bonds is 7. The van der Waals surface area contributed by atoms with Gasteiger partial charge >= 0.3 is 0 Å². The molecule has 0 spiro atoms. The maximum Gasteiger partial charge on any atom is 0.278 e. The van der Waals surface area contributed by atoms with Gasteiger partial charge in [-0.05, 0) is 12.0 Å². The van der Waals surface area contributed by atoms with E-state index in [1.807, 2.05) is 18.2 Å². The van der Waals surface area contributed by atoms with Crippen LogP contribution in [-0.2, 0) is 21.4 Å². The zero-order valence-electron chi connectivity index (χ0n) is 13.2. The summed E-state index contributed by atoms with van der Waals surface area (Å²) < 4.78 is 33.2. The standard InChI is InChI=1S/C15H25N3O3S/c1-17(2)22(19,20)16-13-15(18-8-10-21-11-9-18)12-14-6-4-3-5-7-14/h3-7,15-16H,8-13H2,1-2H3. The van der Waals surface area contributed by atoms with Crippen molar-refractivity contribution in [3.63, 3.8) is 0 Å². The molecule has 1 saturated heterocycles. The number of ether oxygens (including phenoxy) is 1. The van der Waals surface area contributed by atoms with Crippen LogP contribution in [0.4, 0.5) is 0 Å². The molecule has 1 aromatic carbocycles. The molecule has 1 unspecified atom stereocenters. The van der Waals surface area contributed by atoms with Gasteiger partial charge in [-0.2, -0.15) is 12.7 Å². The fraction of sp³-hybridized carbons (Fsp3) is 0.600. The Bertz CT molecular complexity index is 542. The Morgan fingerprint density at radius 1 is 1.23 bits per heavy atom. The Morgan fingerprint density at radius 2 is 1.86 bits per heavy atom. The summed E-state index contributed by atoms with van der Waals surface area (Å²) in [6.45, 7) is 3.47. The van der Waals surface area contributed by atoms with Crippen molar-refractivity contribution in [1.29, 1.82) is 0 Å². The maximum absolute atomic E-state index is 11.9. The highest BCUT2D eigenvalue weighted by atomic mass is 32.2. The van der Waals surface area contributed by atoms with E-state index in [1.165, 1.54) is 24.0 Å². The van der Waals surface area contributed by atoms with Crippen LogP contribution >= 0.6 is 0 Å². The van der Waals surface area contributed by atoms with Crippen molar-refractivity contribution in [2.75, 3.05) is 46.9 Å². The minimum absolute atomic E-state index is 0.126. The van der Waals surface area contributed by atoms with Gasteiger partial charge in [-0.3, -0.25) is 4.90 Å². The van der Waals surface area contributed by atoms with Gasteiger partial charge in [0.25, 0.3) is 10.2 Å². The van der Waals surface area contributed by atoms with Gasteiger partial charge in [0, 0.05) is 39.8 Å². The summed E-state index contributed by atoms with van der Waals surface area (Å²) in [4.78, 5) is 2.30. The SMILES string of the molecule is CN(C)S(=O)(=O)NCC(Cc1ccccc1)N1CCOCC1. The average Bonchev–Trinajstić information content (AvgIpc) is 2.53. The summed E-state index contributed by atoms with van der Waals surface area (Å²) in [5, 5.41) is 0. The minimum atomic E-state index is -3.40. The highest BCUT2D eigenvalue weighted by molar-refractivity contribution is 7.87. The quantitative estimate of drug-likeness (QED) is 0.784. The fourth-order valence-corrected chi connectivity index (χ4v) is 3.15. The Labute approximate surface area is 133 Å². The lowest BCUT2D eigenvalue weighted by Crippen LogP contribution is -2.51. The van der Waals surface area contributed by atoms with E-state index in [4.69, 9.17) is 4.74 Å². The highest BCUT2D eigenvalue weighted by Gasteiger charge is 2.23. The molecule has 0 amide bonds. The molecule has 1 aromatic rings. The van der Waals surface area contributed by atoms with Crippen LogP contribution in [0.2, 0.25) is 0 Å². The van der Waals surface area contributed by atoms with E-state index in [0.717, 1.165) is 19.5 Å². The van der Waals surface area contributed by atoms with E-state index in [0.29, 0.717) is 19.8 Å². The number of nitrogens with zero attached hydrogens (tertiary/aromatic N) is 2. The Hall–Kier alpha value is -0.990. The van der Waals surface area contributed by atoms with Crippen LogP contribution in [0.25, 0.3) is 0 Å². The van der Waals surface area contributed by atoms with Crippen molar-refractivity contribution < 1.29 is 13.2 Å². The fourth-order valence-electron chi connectivity index (χ4n) is 2.49. The van der Waals surface area contributed by atoms with E-state index in [2.05, 4.69) is 21.8 Å². The summed E-state index contributed by atoms with van der Waals surface area (Å²) in [7, 11) is -0.337. The van der Waals surface area contributed by atoms with Crippen LogP contribution < -0.4 is 4.72 Å². The van der Waals surface area contributed by atoms with Crippen LogP contribution in [-0.4, -0.2) is 70.6 Å². The molecule has 7 heteroatoms. The van der Waals surface area contributed by atoms with Crippen LogP contribution in [0.3, 0.4) is 0 Å². The third-order valence-electron chi connectivity index (χ3n) is 3.86. The zero-order chi connectivity index (χ0) is 16.0. The van der Waals surface area contributed by atoms with Crippen molar-refractivity contribution in [3.05, 3.63) is 35.9 Å². The lowest BCUT2D eigenvalue weighted by Gasteiger charge is -2.35. The van der Waals surface area contributed by atoms with E-state index < -0.39 is 10.2 Å². The molecule has 6 nitrogen and oxygen atoms in total. The van der Waals surface area contributed by atoms with Gasteiger partial charge in [-0.15, -0.1) is 0 Å². The molecule has 0 radical (unpaired) electrons. The van der Waals surface area contributed by atoms with Gasteiger partial charge in [0.15, 0.2) is 0 Å². The first-order chi connectivity index (χ1) is 10.5. The first kappa shape index (κ1) is 17.4. The number of nitrogens with one attached hydrogen (secondary N) is 1. The molecule has 1 N–H and O–H groups in total. The minimum Gasteiger partial charge on any atom is -0.379 e. The van der Waals surface area contributed by atoms with Gasteiger partial charge in [0.1, 0.15) is 0 Å². The highest BCUT2D eigenvalue weighted by Crippen LogP contribution is 2.11. The molecule has 0 aliphatic carbocycles. The van der Waals surface area contributed by atoms with Crippen molar-refractivity contribution in [2.45, 2.75) is 12.5 Å². The molecule has 0 aromatic heterocycles. The third kappa shape index (κ3) is 5.03. The summed E-state index contributed by atoms with van der Waals surface area (Å²) in [6, 6.07) is 10.3. The predicted octanol–water partition coefficient (Wildman–Crippen LogP) is 0.326. The van der Waals surface area contributed by atoms with E-state index in [-0.39, 0.29) is 6.04 Å². The number of hydrogen-bond donors (Lipinski definition) is 1. The van der Waals surface area contributed by atoms with Crippen LogP contribution in [0.15, 0.2) is 30.3 Å². The second-order valence-electron chi connectivity index (χ2n) is 5.63. The molecule has 2 rings (SSSR count). The molecular formula is C15H25N3O3S. The molecule has 22 heavy (non-hydrogen) atoms. The van der Waals surface area contributed by atoms with Gasteiger partial charge < -0.3 is 4.74 Å². The normalized spacial score (nSPS) is 18.5. The lowest BCUT2D eigenvalue weighted by molar-refractivity contribution is 0.0177. The maximum atomic E-state index is 11.9. The van der Waals surface area contributed by atoms with E-state index in [9.17, 15) is 8.42 Å². The zero-order valence-corrected chi connectivity index (χ0v) is 14.1. The molecule has 1 aliphatic rings. The number of benzene rings is 1. The van der Waals surface area contributed by atoms with Crippen LogP contribution in [0.5, 0.6) is 0 Å². The van der Waals surface area contributed by atoms with E-state index in [1.54, 1.807) is 0 Å². The van der Waals surface area contributed by atoms with E-state index >= 15 is 0 Å². The molecule has 1 fully saturated rings. The van der Waals surface area contributed by atoms with Gasteiger partial charge in [-0.25, -0.2) is 4.72 Å². The number of hydrogen-bond acceptors (Lipinski definition) is 4. The van der Waals surface area contributed by atoms with Gasteiger partial charge in [0.2, 0.25) is 0 Å². The Kier molecular flexibility index (Phi) is 6.34. The topological polar surface area (TPSA) is 61.9 Å². The summed E-state index contributed by atoms with van der Waals surface area (Å²) in [6.07, 6.45) is 0.816. The summed E-state index contributed by atoms with van der Waals surface area (Å²) in [5.41, 5.74) is 1.21. The molecule has 124 valence electrons. The monoisotopic (exact) mass is 327 g/mol. The molecule has 0 bridgehead atoms. The molecule has 1 heterocycles.